The van der Waals surface area contributed by atoms with Crippen LogP contribution in [0.15, 0.2) is 24.3 Å². The van der Waals surface area contributed by atoms with Crippen molar-refractivity contribution >= 4 is 17.6 Å². The van der Waals surface area contributed by atoms with Crippen LogP contribution in [0.2, 0.25) is 0 Å². The Hall–Kier alpha value is -2.08. The van der Waals surface area contributed by atoms with Crippen molar-refractivity contribution in [2.75, 3.05) is 51.7 Å². The van der Waals surface area contributed by atoms with Crippen molar-refractivity contribution in [1.29, 1.82) is 0 Å². The number of amides is 3. The number of piperidine rings is 1. The molecule has 3 rings (SSSR count). The number of carbonyl (C=O) groups is 2. The van der Waals surface area contributed by atoms with Crippen molar-refractivity contribution in [2.45, 2.75) is 38.6 Å². The first kappa shape index (κ1) is 19.7. The van der Waals surface area contributed by atoms with Gasteiger partial charge in [-0.3, -0.25) is 9.69 Å². The number of carbonyl (C=O) groups excluding carboxylic acids is 2. The summed E-state index contributed by atoms with van der Waals surface area (Å²) < 4.78 is 0. The van der Waals surface area contributed by atoms with E-state index >= 15 is 0 Å². The Labute approximate surface area is 162 Å². The largest absolute Gasteiger partial charge is 0.341 e. The van der Waals surface area contributed by atoms with Gasteiger partial charge in [0, 0.05) is 31.9 Å². The third-order valence-electron chi connectivity index (χ3n) is 5.92. The van der Waals surface area contributed by atoms with Crippen LogP contribution in [0.5, 0.6) is 0 Å². The standard InChI is InChI=1S/C21H32N4O2/c1-16(2)17-5-7-19(8-6-17)25-14-13-24(21(25)27)15-20(26)23(4)18-9-11-22(3)12-10-18/h5-8,16,18H,9-15H2,1-4H3. The molecule has 0 N–H and O–H groups in total. The van der Waals surface area contributed by atoms with Gasteiger partial charge in [0.1, 0.15) is 6.54 Å². The molecule has 1 aromatic carbocycles. The zero-order valence-electron chi connectivity index (χ0n) is 17.0. The first-order valence-electron chi connectivity index (χ1n) is 9.97. The maximum atomic E-state index is 12.8. The lowest BCUT2D eigenvalue weighted by atomic mass is 10.0. The fourth-order valence-corrected chi connectivity index (χ4v) is 3.87. The molecule has 27 heavy (non-hydrogen) atoms. The number of rotatable bonds is 5. The maximum absolute atomic E-state index is 12.8. The van der Waals surface area contributed by atoms with Gasteiger partial charge in [-0.25, -0.2) is 4.79 Å². The molecule has 2 aliphatic rings. The summed E-state index contributed by atoms with van der Waals surface area (Å²) in [6, 6.07) is 8.37. The summed E-state index contributed by atoms with van der Waals surface area (Å²) in [4.78, 5) is 33.0. The van der Waals surface area contributed by atoms with Gasteiger partial charge < -0.3 is 14.7 Å². The molecule has 2 aliphatic heterocycles. The zero-order valence-corrected chi connectivity index (χ0v) is 17.0. The lowest BCUT2D eigenvalue weighted by molar-refractivity contribution is -0.133. The van der Waals surface area contributed by atoms with Crippen LogP contribution >= 0.6 is 0 Å². The summed E-state index contributed by atoms with van der Waals surface area (Å²) in [6.45, 7) is 7.75. The van der Waals surface area contributed by atoms with E-state index in [2.05, 4.69) is 37.9 Å². The molecule has 6 heteroatoms. The summed E-state index contributed by atoms with van der Waals surface area (Å²) in [5, 5.41) is 0. The zero-order chi connectivity index (χ0) is 19.6. The Morgan fingerprint density at radius 2 is 1.74 bits per heavy atom. The molecule has 0 aliphatic carbocycles. The molecule has 0 spiro atoms. The van der Waals surface area contributed by atoms with Crippen molar-refractivity contribution in [1.82, 2.24) is 14.7 Å². The SMILES string of the molecule is CC(C)c1ccc(N2CCN(CC(=O)N(C)C3CCN(C)CC3)C2=O)cc1. The molecule has 2 fully saturated rings. The number of likely N-dealkylation sites (tertiary alicyclic amines) is 1. The summed E-state index contributed by atoms with van der Waals surface area (Å²) in [5.41, 5.74) is 2.17. The van der Waals surface area contributed by atoms with Gasteiger partial charge in [-0.15, -0.1) is 0 Å². The van der Waals surface area contributed by atoms with Gasteiger partial charge in [-0.05, 0) is 56.6 Å². The van der Waals surface area contributed by atoms with E-state index in [0.29, 0.717) is 19.0 Å². The predicted molar refractivity (Wildman–Crippen MR) is 108 cm³/mol. The molecule has 0 atom stereocenters. The van der Waals surface area contributed by atoms with Gasteiger partial charge in [-0.1, -0.05) is 26.0 Å². The Kier molecular flexibility index (Phi) is 6.05. The molecular formula is C21H32N4O2. The number of nitrogens with zero attached hydrogens (tertiary/aromatic N) is 4. The normalized spacial score (nSPS) is 19.2. The third-order valence-corrected chi connectivity index (χ3v) is 5.92. The van der Waals surface area contributed by atoms with Crippen LogP contribution in [0.3, 0.4) is 0 Å². The van der Waals surface area contributed by atoms with Crippen molar-refractivity contribution in [3.8, 4) is 0 Å². The first-order chi connectivity index (χ1) is 12.9. The van der Waals surface area contributed by atoms with Crippen LogP contribution < -0.4 is 4.90 Å². The van der Waals surface area contributed by atoms with Crippen LogP contribution in [0.1, 0.15) is 38.2 Å². The molecule has 2 heterocycles. The molecule has 2 saturated heterocycles. The van der Waals surface area contributed by atoms with Gasteiger partial charge in [0.25, 0.3) is 0 Å². The Balaban J connectivity index is 1.57. The number of hydrogen-bond donors (Lipinski definition) is 0. The molecule has 0 unspecified atom stereocenters. The predicted octanol–water partition coefficient (Wildman–Crippen LogP) is 2.60. The van der Waals surface area contributed by atoms with E-state index in [0.717, 1.165) is 31.6 Å². The molecular weight excluding hydrogens is 340 g/mol. The Morgan fingerprint density at radius 3 is 2.33 bits per heavy atom. The minimum absolute atomic E-state index is 0.0370. The van der Waals surface area contributed by atoms with Crippen molar-refractivity contribution in [3.05, 3.63) is 29.8 Å². The number of hydrogen-bond acceptors (Lipinski definition) is 3. The molecule has 1 aromatic rings. The average Bonchev–Trinajstić information content (AvgIpc) is 3.02. The van der Waals surface area contributed by atoms with Gasteiger partial charge in [0.05, 0.1) is 0 Å². The van der Waals surface area contributed by atoms with E-state index in [-0.39, 0.29) is 24.5 Å². The molecule has 0 radical (unpaired) electrons. The van der Waals surface area contributed by atoms with Crippen LogP contribution in [0.4, 0.5) is 10.5 Å². The molecule has 0 saturated carbocycles. The maximum Gasteiger partial charge on any atom is 0.325 e. The number of benzene rings is 1. The summed E-state index contributed by atoms with van der Waals surface area (Å²) >= 11 is 0. The molecule has 148 valence electrons. The summed E-state index contributed by atoms with van der Waals surface area (Å²) in [5.74, 6) is 0.507. The monoisotopic (exact) mass is 372 g/mol. The molecule has 3 amide bonds. The van der Waals surface area contributed by atoms with Crippen molar-refractivity contribution < 1.29 is 9.59 Å². The van der Waals surface area contributed by atoms with E-state index in [4.69, 9.17) is 0 Å². The van der Waals surface area contributed by atoms with Gasteiger partial charge in [0.2, 0.25) is 5.91 Å². The summed E-state index contributed by atoms with van der Waals surface area (Å²) in [6.07, 6.45) is 2.00. The van der Waals surface area contributed by atoms with Gasteiger partial charge in [-0.2, -0.15) is 0 Å². The number of likely N-dealkylation sites (N-methyl/N-ethyl adjacent to an activating group) is 1. The highest BCUT2D eigenvalue weighted by molar-refractivity contribution is 5.96. The third kappa shape index (κ3) is 4.43. The Bertz CT molecular complexity index is 665. The number of anilines is 1. The molecule has 0 bridgehead atoms. The smallest absolute Gasteiger partial charge is 0.325 e. The highest BCUT2D eigenvalue weighted by Gasteiger charge is 2.33. The van der Waals surface area contributed by atoms with Crippen molar-refractivity contribution in [3.63, 3.8) is 0 Å². The Morgan fingerprint density at radius 1 is 1.11 bits per heavy atom. The second-order valence-corrected chi connectivity index (χ2v) is 8.14. The van der Waals surface area contributed by atoms with Crippen LogP contribution in [-0.4, -0.2) is 79.5 Å². The van der Waals surface area contributed by atoms with E-state index < -0.39 is 0 Å². The fourth-order valence-electron chi connectivity index (χ4n) is 3.87. The second-order valence-electron chi connectivity index (χ2n) is 8.14. The lowest BCUT2D eigenvalue weighted by Crippen LogP contribution is -2.48. The minimum Gasteiger partial charge on any atom is -0.341 e. The quantitative estimate of drug-likeness (QED) is 0.798. The fraction of sp³-hybridized carbons (Fsp3) is 0.619. The van der Waals surface area contributed by atoms with Crippen LogP contribution in [0, 0.1) is 0 Å². The van der Waals surface area contributed by atoms with Crippen molar-refractivity contribution in [2.24, 2.45) is 0 Å². The van der Waals surface area contributed by atoms with E-state index in [1.165, 1.54) is 5.56 Å². The lowest BCUT2D eigenvalue weighted by Gasteiger charge is -2.35. The van der Waals surface area contributed by atoms with Crippen LogP contribution in [-0.2, 0) is 4.79 Å². The molecule has 0 aromatic heterocycles. The van der Waals surface area contributed by atoms with E-state index in [9.17, 15) is 9.59 Å². The highest BCUT2D eigenvalue weighted by atomic mass is 16.2. The van der Waals surface area contributed by atoms with Gasteiger partial charge >= 0.3 is 6.03 Å². The van der Waals surface area contributed by atoms with E-state index in [1.54, 1.807) is 9.80 Å². The first-order valence-corrected chi connectivity index (χ1v) is 9.97. The van der Waals surface area contributed by atoms with Crippen LogP contribution in [0.25, 0.3) is 0 Å². The highest BCUT2D eigenvalue weighted by Crippen LogP contribution is 2.24. The topological polar surface area (TPSA) is 47.1 Å². The average molecular weight is 373 g/mol. The second kappa shape index (κ2) is 8.30. The minimum atomic E-state index is -0.0718. The molecule has 6 nitrogen and oxygen atoms in total. The number of urea groups is 1. The summed E-state index contributed by atoms with van der Waals surface area (Å²) in [7, 11) is 3.99. The van der Waals surface area contributed by atoms with E-state index in [1.807, 2.05) is 24.1 Å². The van der Waals surface area contributed by atoms with Gasteiger partial charge in [0.15, 0.2) is 0 Å².